The Kier molecular flexibility index (Phi) is 5.12. The molecule has 2 nitrogen and oxygen atoms in total. The van der Waals surface area contributed by atoms with Crippen LogP contribution in [0.15, 0.2) is 18.2 Å². The first-order chi connectivity index (χ1) is 7.90. The average Bonchev–Trinajstić information content (AvgIpc) is 2.20. The number of hydrogen-bond acceptors (Lipinski definition) is 1. The fourth-order valence-corrected chi connectivity index (χ4v) is 2.15. The van der Waals surface area contributed by atoms with Crippen molar-refractivity contribution >= 4 is 21.8 Å². The summed E-state index contributed by atoms with van der Waals surface area (Å²) < 4.78 is 13.3. The van der Waals surface area contributed by atoms with E-state index in [4.69, 9.17) is 0 Å². The largest absolute Gasteiger partial charge is 0.350 e. The lowest BCUT2D eigenvalue weighted by Gasteiger charge is -2.15. The van der Waals surface area contributed by atoms with Gasteiger partial charge in [-0.3, -0.25) is 4.79 Å². The molecule has 0 saturated heterocycles. The lowest BCUT2D eigenvalue weighted by molar-refractivity contribution is 0.0938. The predicted molar refractivity (Wildman–Crippen MR) is 71.1 cm³/mol. The van der Waals surface area contributed by atoms with E-state index in [1.165, 1.54) is 6.07 Å². The van der Waals surface area contributed by atoms with Crippen LogP contribution in [0.3, 0.4) is 0 Å². The summed E-state index contributed by atoms with van der Waals surface area (Å²) in [5, 5.41) is 2.84. The SMILES string of the molecule is Cc1ccc(C(=O)NC(C)CC(C)Br)cc1F. The fraction of sp³-hybridized carbons (Fsp3) is 0.462. The van der Waals surface area contributed by atoms with Gasteiger partial charge in [0.05, 0.1) is 0 Å². The molecule has 0 saturated carbocycles. The Bertz CT molecular complexity index is 406. The number of aryl methyl sites for hydroxylation is 1. The van der Waals surface area contributed by atoms with E-state index in [9.17, 15) is 9.18 Å². The minimum Gasteiger partial charge on any atom is -0.350 e. The molecule has 0 fully saturated rings. The van der Waals surface area contributed by atoms with E-state index in [2.05, 4.69) is 21.2 Å². The number of nitrogens with one attached hydrogen (secondary N) is 1. The third-order valence-corrected chi connectivity index (χ3v) is 2.86. The van der Waals surface area contributed by atoms with E-state index in [1.807, 2.05) is 13.8 Å². The Balaban J connectivity index is 2.66. The molecule has 1 N–H and O–H groups in total. The number of amides is 1. The minimum atomic E-state index is -0.348. The second kappa shape index (κ2) is 6.15. The molecule has 1 amide bonds. The highest BCUT2D eigenvalue weighted by Crippen LogP contribution is 2.11. The molecule has 17 heavy (non-hydrogen) atoms. The Morgan fingerprint density at radius 1 is 1.47 bits per heavy atom. The van der Waals surface area contributed by atoms with Crippen LogP contribution >= 0.6 is 15.9 Å². The summed E-state index contributed by atoms with van der Waals surface area (Å²) >= 11 is 3.43. The maximum Gasteiger partial charge on any atom is 0.251 e. The molecule has 0 heterocycles. The molecule has 0 bridgehead atoms. The first kappa shape index (κ1) is 14.2. The van der Waals surface area contributed by atoms with Crippen LogP contribution in [0, 0.1) is 12.7 Å². The zero-order chi connectivity index (χ0) is 13.0. The zero-order valence-electron chi connectivity index (χ0n) is 10.3. The number of benzene rings is 1. The number of carbonyl (C=O) groups excluding carboxylic acids is 1. The van der Waals surface area contributed by atoms with Gasteiger partial charge in [-0.25, -0.2) is 4.39 Å². The molecule has 0 aliphatic rings. The zero-order valence-corrected chi connectivity index (χ0v) is 11.8. The van der Waals surface area contributed by atoms with Crippen LogP contribution in [0.5, 0.6) is 0 Å². The highest BCUT2D eigenvalue weighted by atomic mass is 79.9. The number of hydrogen-bond donors (Lipinski definition) is 1. The monoisotopic (exact) mass is 301 g/mol. The van der Waals surface area contributed by atoms with Crippen LogP contribution in [0.2, 0.25) is 0 Å². The third kappa shape index (κ3) is 4.46. The van der Waals surface area contributed by atoms with Gasteiger partial charge in [0.2, 0.25) is 0 Å². The van der Waals surface area contributed by atoms with Gasteiger partial charge in [0.15, 0.2) is 0 Å². The summed E-state index contributed by atoms with van der Waals surface area (Å²) in [7, 11) is 0. The fourth-order valence-electron chi connectivity index (χ4n) is 1.59. The van der Waals surface area contributed by atoms with Crippen molar-refractivity contribution in [2.45, 2.75) is 38.1 Å². The lowest BCUT2D eigenvalue weighted by atomic mass is 10.1. The second-order valence-corrected chi connectivity index (χ2v) is 5.92. The Morgan fingerprint density at radius 2 is 2.12 bits per heavy atom. The summed E-state index contributed by atoms with van der Waals surface area (Å²) in [6.07, 6.45) is 0.833. The van der Waals surface area contributed by atoms with Crippen LogP contribution in [0.1, 0.15) is 36.2 Å². The molecular weight excluding hydrogens is 285 g/mol. The molecule has 0 radical (unpaired) electrons. The minimum absolute atomic E-state index is 0.0567. The molecule has 1 rings (SSSR count). The summed E-state index contributed by atoms with van der Waals surface area (Å²) in [5.41, 5.74) is 0.908. The van der Waals surface area contributed by atoms with Crippen molar-refractivity contribution in [2.75, 3.05) is 0 Å². The van der Waals surface area contributed by atoms with Crippen LogP contribution in [-0.4, -0.2) is 16.8 Å². The number of carbonyl (C=O) groups is 1. The quantitative estimate of drug-likeness (QED) is 0.848. The van der Waals surface area contributed by atoms with Crippen molar-refractivity contribution in [1.82, 2.24) is 5.32 Å². The molecule has 1 aromatic rings. The van der Waals surface area contributed by atoms with E-state index in [0.29, 0.717) is 16.0 Å². The maximum absolute atomic E-state index is 13.3. The van der Waals surface area contributed by atoms with Crippen molar-refractivity contribution in [1.29, 1.82) is 0 Å². The molecule has 1 aromatic carbocycles. The molecule has 0 spiro atoms. The van der Waals surface area contributed by atoms with Crippen LogP contribution in [0.4, 0.5) is 4.39 Å². The van der Waals surface area contributed by atoms with E-state index < -0.39 is 0 Å². The average molecular weight is 302 g/mol. The number of halogens is 2. The molecule has 0 aromatic heterocycles. The normalized spacial score (nSPS) is 14.2. The summed E-state index contributed by atoms with van der Waals surface area (Å²) in [5.74, 6) is -0.580. The second-order valence-electron chi connectivity index (χ2n) is 4.35. The van der Waals surface area contributed by atoms with Gasteiger partial charge >= 0.3 is 0 Å². The Labute approximate surface area is 110 Å². The number of alkyl halides is 1. The lowest BCUT2D eigenvalue weighted by Crippen LogP contribution is -2.33. The maximum atomic E-state index is 13.3. The highest BCUT2D eigenvalue weighted by molar-refractivity contribution is 9.09. The Hall–Kier alpha value is -0.900. The molecule has 0 aliphatic carbocycles. The van der Waals surface area contributed by atoms with Crippen molar-refractivity contribution in [3.05, 3.63) is 35.1 Å². The van der Waals surface area contributed by atoms with Gasteiger partial charge < -0.3 is 5.32 Å². The van der Waals surface area contributed by atoms with Gasteiger partial charge in [-0.1, -0.05) is 28.9 Å². The van der Waals surface area contributed by atoms with Gasteiger partial charge in [-0.05, 0) is 38.0 Å². The standard InChI is InChI=1S/C13H17BrFNO/c1-8-4-5-11(7-12(8)15)13(17)16-10(3)6-9(2)14/h4-5,7,9-10H,6H2,1-3H3,(H,16,17). The van der Waals surface area contributed by atoms with Crippen LogP contribution < -0.4 is 5.32 Å². The molecule has 2 atom stereocenters. The van der Waals surface area contributed by atoms with E-state index >= 15 is 0 Å². The van der Waals surface area contributed by atoms with E-state index in [1.54, 1.807) is 19.1 Å². The van der Waals surface area contributed by atoms with Gasteiger partial charge in [-0.2, -0.15) is 0 Å². The highest BCUT2D eigenvalue weighted by Gasteiger charge is 2.12. The van der Waals surface area contributed by atoms with E-state index in [0.717, 1.165) is 6.42 Å². The van der Waals surface area contributed by atoms with Crippen LogP contribution in [0.25, 0.3) is 0 Å². The van der Waals surface area contributed by atoms with Gasteiger partial charge in [0.25, 0.3) is 5.91 Å². The summed E-state index contributed by atoms with van der Waals surface area (Å²) in [6, 6.07) is 4.58. The van der Waals surface area contributed by atoms with Crippen molar-refractivity contribution in [2.24, 2.45) is 0 Å². The summed E-state index contributed by atoms with van der Waals surface area (Å²) in [4.78, 5) is 12.1. The molecule has 0 aliphatic heterocycles. The van der Waals surface area contributed by atoms with Gasteiger partial charge in [0.1, 0.15) is 5.82 Å². The number of rotatable bonds is 4. The molecule has 2 unspecified atom stereocenters. The topological polar surface area (TPSA) is 29.1 Å². The predicted octanol–water partition coefficient (Wildman–Crippen LogP) is 3.43. The Morgan fingerprint density at radius 3 is 2.65 bits per heavy atom. The first-order valence-electron chi connectivity index (χ1n) is 5.61. The smallest absolute Gasteiger partial charge is 0.251 e. The van der Waals surface area contributed by atoms with Gasteiger partial charge in [-0.15, -0.1) is 0 Å². The molecular formula is C13H17BrFNO. The molecule has 94 valence electrons. The van der Waals surface area contributed by atoms with Crippen molar-refractivity contribution in [3.63, 3.8) is 0 Å². The van der Waals surface area contributed by atoms with E-state index in [-0.39, 0.29) is 17.8 Å². The van der Waals surface area contributed by atoms with Crippen LogP contribution in [-0.2, 0) is 0 Å². The van der Waals surface area contributed by atoms with Crippen molar-refractivity contribution in [3.8, 4) is 0 Å². The van der Waals surface area contributed by atoms with Gasteiger partial charge in [0, 0.05) is 16.4 Å². The summed E-state index contributed by atoms with van der Waals surface area (Å²) in [6.45, 7) is 5.63. The third-order valence-electron chi connectivity index (χ3n) is 2.49. The van der Waals surface area contributed by atoms with Crippen molar-refractivity contribution < 1.29 is 9.18 Å². The first-order valence-corrected chi connectivity index (χ1v) is 6.52. The molecule has 4 heteroatoms.